The van der Waals surface area contributed by atoms with Crippen molar-refractivity contribution < 1.29 is 32.8 Å². The van der Waals surface area contributed by atoms with Gasteiger partial charge in [0.15, 0.2) is 0 Å². The maximum absolute atomic E-state index is 5.81. The molecule has 0 N–H and O–H groups in total. The quantitative estimate of drug-likeness (QED) is 0.283. The monoisotopic (exact) mass is 334 g/mol. The van der Waals surface area contributed by atoms with Crippen molar-refractivity contribution in [2.24, 2.45) is 5.41 Å². The molecular formula is C14H26O7Si. The molecule has 3 atom stereocenters. The number of hydrogen-bond acceptors (Lipinski definition) is 7. The van der Waals surface area contributed by atoms with Crippen molar-refractivity contribution in [1.29, 1.82) is 0 Å². The zero-order valence-corrected chi connectivity index (χ0v) is 15.2. The molecule has 0 aromatic carbocycles. The molecule has 0 saturated carbocycles. The average Bonchev–Trinajstić information content (AvgIpc) is 3.36. The van der Waals surface area contributed by atoms with Crippen LogP contribution in [0.25, 0.3) is 0 Å². The Kier molecular flexibility index (Phi) is 6.22. The van der Waals surface area contributed by atoms with Crippen molar-refractivity contribution >= 4 is 10.5 Å². The SMILES string of the molecule is [SiH3]OCC(COCC1CO1)(COCC1CO1)COCC1CO1. The van der Waals surface area contributed by atoms with Gasteiger partial charge in [-0.1, -0.05) is 0 Å². The van der Waals surface area contributed by atoms with E-state index in [0.717, 1.165) is 19.8 Å². The van der Waals surface area contributed by atoms with Crippen molar-refractivity contribution in [3.63, 3.8) is 0 Å². The van der Waals surface area contributed by atoms with E-state index in [1.807, 2.05) is 0 Å². The van der Waals surface area contributed by atoms with E-state index >= 15 is 0 Å². The van der Waals surface area contributed by atoms with Crippen LogP contribution in [0, 0.1) is 5.41 Å². The molecule has 3 aliphatic heterocycles. The van der Waals surface area contributed by atoms with E-state index in [-0.39, 0.29) is 23.7 Å². The van der Waals surface area contributed by atoms with Gasteiger partial charge in [0.1, 0.15) is 28.8 Å². The molecular weight excluding hydrogens is 308 g/mol. The van der Waals surface area contributed by atoms with Crippen LogP contribution in [-0.4, -0.2) is 94.9 Å². The third-order valence-corrected chi connectivity index (χ3v) is 4.08. The second-order valence-electron chi connectivity index (χ2n) is 6.34. The Morgan fingerprint density at radius 2 is 1.09 bits per heavy atom. The van der Waals surface area contributed by atoms with E-state index in [1.165, 1.54) is 0 Å². The first kappa shape index (κ1) is 16.8. The molecule has 3 fully saturated rings. The number of hydrogen-bond donors (Lipinski definition) is 0. The molecule has 0 spiro atoms. The summed E-state index contributed by atoms with van der Waals surface area (Å²) in [6, 6.07) is 0. The highest BCUT2D eigenvalue weighted by Gasteiger charge is 2.35. The Balaban J connectivity index is 1.45. The summed E-state index contributed by atoms with van der Waals surface area (Å²) in [6.45, 7) is 6.51. The predicted octanol–water partition coefficient (Wildman–Crippen LogP) is -1.48. The molecule has 7 nitrogen and oxygen atoms in total. The lowest BCUT2D eigenvalue weighted by Gasteiger charge is -2.32. The minimum Gasteiger partial charge on any atom is -0.427 e. The fraction of sp³-hybridized carbons (Fsp3) is 1.00. The van der Waals surface area contributed by atoms with Crippen LogP contribution >= 0.6 is 0 Å². The van der Waals surface area contributed by atoms with Crippen LogP contribution < -0.4 is 0 Å². The molecule has 0 radical (unpaired) electrons. The van der Waals surface area contributed by atoms with Crippen molar-refractivity contribution in [3.05, 3.63) is 0 Å². The van der Waals surface area contributed by atoms with Gasteiger partial charge in [0.25, 0.3) is 0 Å². The van der Waals surface area contributed by atoms with E-state index in [0.29, 0.717) is 56.7 Å². The molecule has 8 heteroatoms. The molecule has 0 aromatic heterocycles. The van der Waals surface area contributed by atoms with E-state index < -0.39 is 0 Å². The summed E-state index contributed by atoms with van der Waals surface area (Å²) in [7, 11) is 0.682. The molecule has 3 rings (SSSR count). The fourth-order valence-corrected chi connectivity index (χ4v) is 2.88. The zero-order valence-electron chi connectivity index (χ0n) is 13.2. The van der Waals surface area contributed by atoms with Gasteiger partial charge in [0, 0.05) is 6.61 Å². The Bertz CT molecular complexity index is 286. The van der Waals surface area contributed by atoms with E-state index in [4.69, 9.17) is 32.8 Å². The molecule has 0 aromatic rings. The Labute approximate surface area is 134 Å². The highest BCUT2D eigenvalue weighted by atomic mass is 28.2. The maximum atomic E-state index is 5.81. The van der Waals surface area contributed by atoms with Crippen molar-refractivity contribution in [3.8, 4) is 0 Å². The normalized spacial score (nSPS) is 31.9. The standard InChI is InChI=1S/C14H26O7Si/c22-21-10-14(7-15-1-11-4-18-11,8-16-2-12-5-19-12)9-17-3-13-6-20-13/h11-13H,1-10H2,22H3. The van der Waals surface area contributed by atoms with Crippen LogP contribution in [0.5, 0.6) is 0 Å². The second-order valence-corrected chi connectivity index (χ2v) is 6.92. The topological polar surface area (TPSA) is 74.5 Å². The molecule has 3 unspecified atom stereocenters. The molecule has 3 heterocycles. The zero-order chi connectivity index (χ0) is 15.3. The number of epoxide rings is 3. The van der Waals surface area contributed by atoms with Crippen molar-refractivity contribution in [2.75, 3.05) is 66.1 Å². The first-order valence-electron chi connectivity index (χ1n) is 7.87. The third kappa shape index (κ3) is 6.21. The first-order valence-corrected chi connectivity index (χ1v) is 8.68. The lowest BCUT2D eigenvalue weighted by Crippen LogP contribution is -2.42. The highest BCUT2D eigenvalue weighted by Crippen LogP contribution is 2.23. The summed E-state index contributed by atoms with van der Waals surface area (Å²) in [4.78, 5) is 0. The van der Waals surface area contributed by atoms with Crippen LogP contribution in [-0.2, 0) is 32.8 Å². The highest BCUT2D eigenvalue weighted by molar-refractivity contribution is 5.97. The third-order valence-electron chi connectivity index (χ3n) is 3.79. The molecule has 3 saturated heterocycles. The van der Waals surface area contributed by atoms with Gasteiger partial charge in [0.05, 0.1) is 64.9 Å². The summed E-state index contributed by atoms with van der Waals surface area (Å²) in [5, 5.41) is 0. The molecule has 0 aliphatic carbocycles. The summed E-state index contributed by atoms with van der Waals surface area (Å²) in [5.74, 6) is 0. The van der Waals surface area contributed by atoms with Gasteiger partial charge in [-0.3, -0.25) is 0 Å². The lowest BCUT2D eigenvalue weighted by molar-refractivity contribution is -0.0914. The summed E-state index contributed by atoms with van der Waals surface area (Å²) in [6.07, 6.45) is 0.781. The molecule has 22 heavy (non-hydrogen) atoms. The van der Waals surface area contributed by atoms with Crippen molar-refractivity contribution in [1.82, 2.24) is 0 Å². The summed E-state index contributed by atoms with van der Waals surface area (Å²) < 4.78 is 38.5. The van der Waals surface area contributed by atoms with E-state index in [1.54, 1.807) is 0 Å². The smallest absolute Gasteiger partial charge is 0.145 e. The van der Waals surface area contributed by atoms with Gasteiger partial charge in [-0.2, -0.15) is 0 Å². The van der Waals surface area contributed by atoms with Crippen LogP contribution in [0.3, 0.4) is 0 Å². The number of ether oxygens (including phenoxy) is 6. The molecule has 3 aliphatic rings. The largest absolute Gasteiger partial charge is 0.427 e. The van der Waals surface area contributed by atoms with Crippen LogP contribution in [0.4, 0.5) is 0 Å². The Morgan fingerprint density at radius 1 is 0.727 bits per heavy atom. The molecule has 128 valence electrons. The van der Waals surface area contributed by atoms with Gasteiger partial charge in [-0.05, 0) is 0 Å². The predicted molar refractivity (Wildman–Crippen MR) is 80.0 cm³/mol. The van der Waals surface area contributed by atoms with Crippen LogP contribution in [0.1, 0.15) is 0 Å². The van der Waals surface area contributed by atoms with E-state index in [2.05, 4.69) is 0 Å². The van der Waals surface area contributed by atoms with Gasteiger partial charge in [-0.15, -0.1) is 0 Å². The minimum atomic E-state index is -0.277. The van der Waals surface area contributed by atoms with Crippen molar-refractivity contribution in [2.45, 2.75) is 18.3 Å². The van der Waals surface area contributed by atoms with Crippen LogP contribution in [0.2, 0.25) is 0 Å². The molecule has 0 bridgehead atoms. The molecule has 0 amide bonds. The first-order chi connectivity index (χ1) is 10.8. The van der Waals surface area contributed by atoms with Gasteiger partial charge in [0.2, 0.25) is 0 Å². The lowest BCUT2D eigenvalue weighted by atomic mass is 9.92. The Morgan fingerprint density at radius 3 is 1.36 bits per heavy atom. The summed E-state index contributed by atoms with van der Waals surface area (Å²) in [5.41, 5.74) is -0.277. The maximum Gasteiger partial charge on any atom is 0.145 e. The summed E-state index contributed by atoms with van der Waals surface area (Å²) >= 11 is 0. The van der Waals surface area contributed by atoms with Gasteiger partial charge < -0.3 is 32.8 Å². The average molecular weight is 334 g/mol. The second kappa shape index (κ2) is 8.16. The van der Waals surface area contributed by atoms with Gasteiger partial charge in [-0.25, -0.2) is 0 Å². The fourth-order valence-electron chi connectivity index (χ4n) is 2.27. The van der Waals surface area contributed by atoms with E-state index in [9.17, 15) is 0 Å². The van der Waals surface area contributed by atoms with Gasteiger partial charge >= 0.3 is 0 Å². The number of rotatable bonds is 14. The van der Waals surface area contributed by atoms with Crippen LogP contribution in [0.15, 0.2) is 0 Å². The Hall–Kier alpha value is -0.0631. The minimum absolute atomic E-state index is 0.260.